The van der Waals surface area contributed by atoms with E-state index in [2.05, 4.69) is 22.0 Å². The van der Waals surface area contributed by atoms with Crippen molar-refractivity contribution in [2.75, 3.05) is 13.1 Å². The number of hydrogen-bond donors (Lipinski definition) is 2. The van der Waals surface area contributed by atoms with Gasteiger partial charge in [0.25, 0.3) is 0 Å². The van der Waals surface area contributed by atoms with E-state index in [4.69, 9.17) is 23.2 Å². The Balaban J connectivity index is 1.50. The van der Waals surface area contributed by atoms with Crippen LogP contribution in [-0.2, 0) is 13.2 Å². The number of para-hydroxylation sites is 1. The second-order valence-corrected chi connectivity index (χ2v) is 7.79. The van der Waals surface area contributed by atoms with Crippen molar-refractivity contribution in [3.05, 3.63) is 69.3 Å². The van der Waals surface area contributed by atoms with Crippen molar-refractivity contribution in [2.24, 2.45) is 0 Å². The van der Waals surface area contributed by atoms with E-state index in [1.165, 1.54) is 10.9 Å². The summed E-state index contributed by atoms with van der Waals surface area (Å²) in [5, 5.41) is 12.5. The van der Waals surface area contributed by atoms with Gasteiger partial charge in [0.1, 0.15) is 0 Å². The summed E-state index contributed by atoms with van der Waals surface area (Å²) >= 11 is 12.8. The monoisotopic (exact) mass is 388 g/mol. The Morgan fingerprint density at radius 1 is 1.00 bits per heavy atom. The highest BCUT2D eigenvalue weighted by atomic mass is 35.5. The van der Waals surface area contributed by atoms with Crippen LogP contribution < -0.4 is 0 Å². The third kappa shape index (κ3) is 3.37. The Morgan fingerprint density at radius 3 is 2.38 bits per heavy atom. The van der Waals surface area contributed by atoms with Crippen LogP contribution in [0.4, 0.5) is 0 Å². The first-order valence-electron chi connectivity index (χ1n) is 9.03. The smallest absolute Gasteiger partial charge is 0.0834 e. The fraction of sp³-hybridized carbons (Fsp3) is 0.333. The molecule has 0 radical (unpaired) electrons. The Kier molecular flexibility index (Phi) is 5.23. The van der Waals surface area contributed by atoms with Gasteiger partial charge >= 0.3 is 0 Å². The van der Waals surface area contributed by atoms with E-state index in [1.54, 1.807) is 0 Å². The quantitative estimate of drug-likeness (QED) is 0.632. The topological polar surface area (TPSA) is 39.3 Å². The number of piperidine rings is 1. The molecule has 4 rings (SSSR count). The molecule has 1 aliphatic rings. The van der Waals surface area contributed by atoms with Crippen molar-refractivity contribution in [1.29, 1.82) is 0 Å². The predicted octanol–water partition coefficient (Wildman–Crippen LogP) is 5.35. The first-order valence-corrected chi connectivity index (χ1v) is 9.78. The SMILES string of the molecule is OCc1[nH]c2ccccc2c1CN1CCC(c2c(Cl)cccc2Cl)CC1. The maximum absolute atomic E-state index is 9.72. The fourth-order valence-corrected chi connectivity index (χ4v) is 4.78. The van der Waals surface area contributed by atoms with E-state index in [0.29, 0.717) is 5.92 Å². The van der Waals surface area contributed by atoms with Crippen molar-refractivity contribution >= 4 is 34.1 Å². The van der Waals surface area contributed by atoms with Crippen LogP contribution >= 0.6 is 23.2 Å². The van der Waals surface area contributed by atoms with Crippen molar-refractivity contribution < 1.29 is 5.11 Å². The number of rotatable bonds is 4. The maximum atomic E-state index is 9.72. The number of fused-ring (bicyclic) bond motifs is 1. The van der Waals surface area contributed by atoms with E-state index in [1.807, 2.05) is 30.3 Å². The summed E-state index contributed by atoms with van der Waals surface area (Å²) in [6.07, 6.45) is 2.08. The van der Waals surface area contributed by atoms with Crippen LogP contribution in [0.3, 0.4) is 0 Å². The summed E-state index contributed by atoms with van der Waals surface area (Å²) in [6.45, 7) is 2.88. The number of hydrogen-bond acceptors (Lipinski definition) is 2. The average molecular weight is 389 g/mol. The zero-order valence-corrected chi connectivity index (χ0v) is 16.0. The zero-order chi connectivity index (χ0) is 18.1. The van der Waals surface area contributed by atoms with Crippen molar-refractivity contribution in [3.63, 3.8) is 0 Å². The second kappa shape index (κ2) is 7.61. The summed E-state index contributed by atoms with van der Waals surface area (Å²) in [7, 11) is 0. The summed E-state index contributed by atoms with van der Waals surface area (Å²) in [5.74, 6) is 0.410. The number of benzene rings is 2. The van der Waals surface area contributed by atoms with E-state index < -0.39 is 0 Å². The summed E-state index contributed by atoms with van der Waals surface area (Å²) < 4.78 is 0. The zero-order valence-electron chi connectivity index (χ0n) is 14.5. The number of nitrogens with one attached hydrogen (secondary N) is 1. The molecule has 2 aromatic carbocycles. The first-order chi connectivity index (χ1) is 12.7. The lowest BCUT2D eigenvalue weighted by Crippen LogP contribution is -2.32. The van der Waals surface area contributed by atoms with Crippen molar-refractivity contribution in [3.8, 4) is 0 Å². The minimum Gasteiger partial charge on any atom is -0.390 e. The van der Waals surface area contributed by atoms with Gasteiger partial charge in [-0.3, -0.25) is 4.90 Å². The third-order valence-electron chi connectivity index (χ3n) is 5.44. The van der Waals surface area contributed by atoms with Gasteiger partial charge in [-0.25, -0.2) is 0 Å². The molecule has 26 heavy (non-hydrogen) atoms. The van der Waals surface area contributed by atoms with E-state index in [-0.39, 0.29) is 6.61 Å². The molecular formula is C21H22Cl2N2O. The summed E-state index contributed by atoms with van der Waals surface area (Å²) in [6, 6.07) is 14.0. The largest absolute Gasteiger partial charge is 0.390 e. The van der Waals surface area contributed by atoms with Gasteiger partial charge in [0.15, 0.2) is 0 Å². The molecule has 0 bridgehead atoms. The molecule has 0 unspecified atom stereocenters. The van der Waals surface area contributed by atoms with Crippen LogP contribution in [0.25, 0.3) is 10.9 Å². The van der Waals surface area contributed by atoms with Gasteiger partial charge in [-0.1, -0.05) is 47.5 Å². The number of aliphatic hydroxyl groups excluding tert-OH is 1. The molecule has 0 saturated carbocycles. The number of halogens is 2. The molecule has 3 aromatic rings. The normalized spacial score (nSPS) is 16.4. The molecule has 1 saturated heterocycles. The van der Waals surface area contributed by atoms with Gasteiger partial charge in [0.2, 0.25) is 0 Å². The number of H-pyrrole nitrogens is 1. The Labute approximate surface area is 163 Å². The Morgan fingerprint density at radius 2 is 1.69 bits per heavy atom. The summed E-state index contributed by atoms with van der Waals surface area (Å²) in [5.41, 5.74) is 4.31. The van der Waals surface area contributed by atoms with Crippen LogP contribution in [0.2, 0.25) is 10.0 Å². The van der Waals surface area contributed by atoms with Gasteiger partial charge < -0.3 is 10.1 Å². The van der Waals surface area contributed by atoms with Crippen LogP contribution in [0.5, 0.6) is 0 Å². The van der Waals surface area contributed by atoms with E-state index in [0.717, 1.165) is 59.3 Å². The van der Waals surface area contributed by atoms with Crippen molar-refractivity contribution in [1.82, 2.24) is 9.88 Å². The molecule has 0 spiro atoms. The predicted molar refractivity (Wildman–Crippen MR) is 108 cm³/mol. The van der Waals surface area contributed by atoms with Gasteiger partial charge in [-0.15, -0.1) is 0 Å². The number of aliphatic hydroxyl groups is 1. The third-order valence-corrected chi connectivity index (χ3v) is 6.10. The first kappa shape index (κ1) is 17.9. The van der Waals surface area contributed by atoms with Crippen LogP contribution in [0.1, 0.15) is 35.6 Å². The standard InChI is InChI=1S/C21H22Cl2N2O/c22-17-5-3-6-18(23)21(17)14-8-10-25(11-9-14)12-16-15-4-1-2-7-19(15)24-20(16)13-26/h1-7,14,24,26H,8-13H2. The lowest BCUT2D eigenvalue weighted by atomic mass is 9.89. The molecule has 5 heteroatoms. The lowest BCUT2D eigenvalue weighted by molar-refractivity contribution is 0.202. The maximum Gasteiger partial charge on any atom is 0.0834 e. The fourth-order valence-electron chi connectivity index (χ4n) is 4.08. The van der Waals surface area contributed by atoms with E-state index in [9.17, 15) is 5.11 Å². The summed E-state index contributed by atoms with van der Waals surface area (Å²) in [4.78, 5) is 5.80. The number of aromatic nitrogens is 1. The number of nitrogens with zero attached hydrogens (tertiary/aromatic N) is 1. The molecule has 2 N–H and O–H groups in total. The highest BCUT2D eigenvalue weighted by Crippen LogP contribution is 2.38. The highest BCUT2D eigenvalue weighted by molar-refractivity contribution is 6.36. The van der Waals surface area contributed by atoms with Gasteiger partial charge in [-0.05, 0) is 61.2 Å². The van der Waals surface area contributed by atoms with Crippen LogP contribution in [0.15, 0.2) is 42.5 Å². The molecule has 2 heterocycles. The number of aromatic amines is 1. The van der Waals surface area contributed by atoms with E-state index >= 15 is 0 Å². The minimum atomic E-state index is 0.0374. The van der Waals surface area contributed by atoms with Gasteiger partial charge in [-0.2, -0.15) is 0 Å². The Bertz CT molecular complexity index is 893. The molecule has 0 amide bonds. The van der Waals surface area contributed by atoms with Gasteiger partial charge in [0.05, 0.1) is 6.61 Å². The molecule has 1 fully saturated rings. The average Bonchev–Trinajstić information content (AvgIpc) is 3.01. The van der Waals surface area contributed by atoms with Crippen molar-refractivity contribution in [2.45, 2.75) is 31.9 Å². The van der Waals surface area contributed by atoms with Gasteiger partial charge in [0, 0.05) is 33.2 Å². The Hall–Kier alpha value is -1.52. The second-order valence-electron chi connectivity index (χ2n) is 6.97. The molecule has 1 aliphatic heterocycles. The molecule has 0 aliphatic carbocycles. The molecule has 1 aromatic heterocycles. The highest BCUT2D eigenvalue weighted by Gasteiger charge is 2.25. The molecular weight excluding hydrogens is 367 g/mol. The van der Waals surface area contributed by atoms with Crippen LogP contribution in [-0.4, -0.2) is 28.1 Å². The lowest BCUT2D eigenvalue weighted by Gasteiger charge is -2.33. The molecule has 136 valence electrons. The minimum absolute atomic E-state index is 0.0374. The molecule has 0 atom stereocenters. The molecule has 3 nitrogen and oxygen atoms in total. The number of likely N-dealkylation sites (tertiary alicyclic amines) is 1. The van der Waals surface area contributed by atoms with Crippen LogP contribution in [0, 0.1) is 0 Å².